The van der Waals surface area contributed by atoms with Crippen LogP contribution in [-0.2, 0) is 0 Å². The second-order valence-electron chi connectivity index (χ2n) is 0.487. The minimum Gasteiger partial charge on any atom is -0.295 e. The van der Waals surface area contributed by atoms with E-state index in [9.17, 15) is 0 Å². The third kappa shape index (κ3) is 24.5. The Morgan fingerprint density at radius 3 is 1.83 bits per heavy atom. The van der Waals surface area contributed by atoms with Gasteiger partial charge in [0.05, 0.1) is 11.9 Å². The first-order chi connectivity index (χ1) is 2.91. The van der Waals surface area contributed by atoms with E-state index < -0.39 is 0 Å². The Morgan fingerprint density at radius 2 is 1.83 bits per heavy atom. The van der Waals surface area contributed by atoms with Gasteiger partial charge in [0.15, 0.2) is 0 Å². The van der Waals surface area contributed by atoms with E-state index in [1.807, 2.05) is 6.92 Å². The van der Waals surface area contributed by atoms with Crippen molar-refractivity contribution in [3.8, 4) is 0 Å². The Labute approximate surface area is 47.3 Å². The molecule has 0 atom stereocenters. The predicted octanol–water partition coefficient (Wildman–Crippen LogP) is 0.882. The van der Waals surface area contributed by atoms with E-state index in [2.05, 4.69) is 16.7 Å². The number of hydrogen-bond acceptors (Lipinski definition) is 2. The third-order valence-corrected chi connectivity index (χ3v) is 0.401. The molecule has 6 heavy (non-hydrogen) atoms. The van der Waals surface area contributed by atoms with Crippen LogP contribution >= 0.6 is 23.6 Å². The quantitative estimate of drug-likeness (QED) is 0.519. The van der Waals surface area contributed by atoms with Crippen LogP contribution < -0.4 is 4.84 Å². The molecule has 0 fully saturated rings. The zero-order chi connectivity index (χ0) is 5.41. The van der Waals surface area contributed by atoms with Crippen LogP contribution in [0.1, 0.15) is 6.92 Å². The zero-order valence-corrected chi connectivity index (χ0v) is 4.92. The van der Waals surface area contributed by atoms with E-state index in [-0.39, 0.29) is 0 Å². The van der Waals surface area contributed by atoms with E-state index in [4.69, 9.17) is 16.4 Å². The van der Waals surface area contributed by atoms with Crippen LogP contribution in [0.15, 0.2) is 0 Å². The molecule has 0 heterocycles. The summed E-state index contributed by atoms with van der Waals surface area (Å²) in [5.41, 5.74) is 0. The lowest BCUT2D eigenvalue weighted by Gasteiger charge is -1.72. The number of hydrogen-bond donors (Lipinski definition) is 2. The smallest absolute Gasteiger partial charge is 0.0579 e. The minimum atomic E-state index is 0.835. The molecule has 0 spiro atoms. The fourth-order valence-corrected chi connectivity index (χ4v) is 0. The van der Waals surface area contributed by atoms with Crippen LogP contribution in [0.3, 0.4) is 0 Å². The van der Waals surface area contributed by atoms with Crippen LogP contribution in [0.25, 0.3) is 0 Å². The summed E-state index contributed by atoms with van der Waals surface area (Å²) in [6, 6.07) is 0. The highest BCUT2D eigenvalue weighted by atomic mass is 35.5. The van der Waals surface area contributed by atoms with Gasteiger partial charge in [-0.25, -0.2) is 4.84 Å². The maximum Gasteiger partial charge on any atom is 0.0579 e. The summed E-state index contributed by atoms with van der Waals surface area (Å²) < 4.78 is 6.47. The van der Waals surface area contributed by atoms with Gasteiger partial charge in [-0.05, 0) is 11.8 Å². The molecular formula is C2H7Cl2NO. The van der Waals surface area contributed by atoms with Gasteiger partial charge in [0.25, 0.3) is 0 Å². The molecule has 40 valence electrons. The average molecular weight is 132 g/mol. The SMILES string of the molecule is CCNCl.OCl. The summed E-state index contributed by atoms with van der Waals surface area (Å²) in [5.74, 6) is 0. The van der Waals surface area contributed by atoms with Crippen molar-refractivity contribution >= 4 is 23.6 Å². The van der Waals surface area contributed by atoms with Gasteiger partial charge >= 0.3 is 0 Å². The van der Waals surface area contributed by atoms with Crippen molar-refractivity contribution < 1.29 is 4.66 Å². The number of rotatable bonds is 1. The van der Waals surface area contributed by atoms with Crippen molar-refractivity contribution in [2.75, 3.05) is 6.54 Å². The molecule has 0 rings (SSSR count). The first kappa shape index (κ1) is 9.71. The number of nitrogens with one attached hydrogen (secondary N) is 1. The molecule has 0 bridgehead atoms. The van der Waals surface area contributed by atoms with Crippen molar-refractivity contribution in [2.45, 2.75) is 6.92 Å². The molecule has 0 saturated carbocycles. The second kappa shape index (κ2) is 17.8. The lowest BCUT2D eigenvalue weighted by Crippen LogP contribution is -1.91. The highest BCUT2D eigenvalue weighted by Crippen LogP contribution is 1.52. The van der Waals surface area contributed by atoms with Crippen LogP contribution in [-0.4, -0.2) is 11.2 Å². The third-order valence-electron chi connectivity index (χ3n) is 0.134. The largest absolute Gasteiger partial charge is 0.295 e. The molecule has 0 saturated heterocycles. The van der Waals surface area contributed by atoms with Gasteiger partial charge in [-0.3, -0.25) is 4.66 Å². The Bertz CT molecular complexity index is 13.5. The van der Waals surface area contributed by atoms with Gasteiger partial charge in [-0.1, -0.05) is 6.92 Å². The predicted molar refractivity (Wildman–Crippen MR) is 27.6 cm³/mol. The summed E-state index contributed by atoms with van der Waals surface area (Å²) in [4.78, 5) is 2.40. The molecule has 0 aromatic rings. The lowest BCUT2D eigenvalue weighted by atomic mass is 10.8. The first-order valence-electron chi connectivity index (χ1n) is 1.42. The van der Waals surface area contributed by atoms with Crippen molar-refractivity contribution in [3.63, 3.8) is 0 Å². The van der Waals surface area contributed by atoms with Crippen molar-refractivity contribution in [3.05, 3.63) is 0 Å². The molecule has 0 radical (unpaired) electrons. The normalized spacial score (nSPS) is 6.00. The standard InChI is InChI=1S/C2H6ClN.ClHO/c1-2-4-3;1-2/h4H,2H2,1H3;2H. The van der Waals surface area contributed by atoms with Crippen LogP contribution in [0.5, 0.6) is 0 Å². The van der Waals surface area contributed by atoms with E-state index in [1.54, 1.807) is 0 Å². The fourth-order valence-electron chi connectivity index (χ4n) is 0. The molecule has 2 N–H and O–H groups in total. The second-order valence-corrected chi connectivity index (χ2v) is 0.754. The molecule has 0 unspecified atom stereocenters. The Hall–Kier alpha value is 0.500. The Balaban J connectivity index is 0. The maximum absolute atomic E-state index is 6.47. The average Bonchev–Trinajstić information content (AvgIpc) is 1.72. The highest BCUT2D eigenvalue weighted by molar-refractivity contribution is 6.13. The van der Waals surface area contributed by atoms with E-state index >= 15 is 0 Å². The summed E-state index contributed by atoms with van der Waals surface area (Å²) in [6.45, 7) is 2.77. The Kier molecular flexibility index (Phi) is 28.8. The van der Waals surface area contributed by atoms with Gasteiger partial charge in [0.2, 0.25) is 0 Å². The monoisotopic (exact) mass is 131 g/mol. The van der Waals surface area contributed by atoms with Crippen LogP contribution in [0, 0.1) is 0 Å². The molecule has 0 aliphatic heterocycles. The van der Waals surface area contributed by atoms with Gasteiger partial charge in [-0.15, -0.1) is 0 Å². The maximum atomic E-state index is 6.47. The number of halogens is 2. The molecule has 2 nitrogen and oxygen atoms in total. The van der Waals surface area contributed by atoms with Crippen molar-refractivity contribution in [1.29, 1.82) is 0 Å². The molecule has 0 aliphatic carbocycles. The summed E-state index contributed by atoms with van der Waals surface area (Å²) >= 11 is 8.57. The Morgan fingerprint density at radius 1 is 1.67 bits per heavy atom. The van der Waals surface area contributed by atoms with Gasteiger partial charge < -0.3 is 0 Å². The molecule has 0 aliphatic rings. The molecule has 0 amide bonds. The first-order valence-corrected chi connectivity index (χ1v) is 2.13. The molecule has 0 aromatic heterocycles. The zero-order valence-electron chi connectivity index (χ0n) is 3.41. The van der Waals surface area contributed by atoms with E-state index in [0.29, 0.717) is 0 Å². The minimum absolute atomic E-state index is 0.835. The van der Waals surface area contributed by atoms with Gasteiger partial charge in [0, 0.05) is 6.54 Å². The topological polar surface area (TPSA) is 32.3 Å². The van der Waals surface area contributed by atoms with Gasteiger partial charge in [-0.2, -0.15) is 0 Å². The van der Waals surface area contributed by atoms with E-state index in [0.717, 1.165) is 6.54 Å². The fraction of sp³-hybridized carbons (Fsp3) is 1.00. The van der Waals surface area contributed by atoms with Crippen molar-refractivity contribution in [2.24, 2.45) is 0 Å². The molecule has 0 aromatic carbocycles. The van der Waals surface area contributed by atoms with Crippen molar-refractivity contribution in [1.82, 2.24) is 4.84 Å². The molecular weight excluding hydrogens is 125 g/mol. The summed E-state index contributed by atoms with van der Waals surface area (Å²) in [7, 11) is 0. The summed E-state index contributed by atoms with van der Waals surface area (Å²) in [6.07, 6.45) is 0. The van der Waals surface area contributed by atoms with Gasteiger partial charge in [0.1, 0.15) is 0 Å². The van der Waals surface area contributed by atoms with Crippen LogP contribution in [0.4, 0.5) is 0 Å². The molecule has 4 heteroatoms. The van der Waals surface area contributed by atoms with Crippen LogP contribution in [0.2, 0.25) is 0 Å². The summed E-state index contributed by atoms with van der Waals surface area (Å²) in [5, 5.41) is 0. The lowest BCUT2D eigenvalue weighted by molar-refractivity contribution is 0.632. The van der Waals surface area contributed by atoms with E-state index in [1.165, 1.54) is 0 Å². The highest BCUT2D eigenvalue weighted by Gasteiger charge is 1.53.